The van der Waals surface area contributed by atoms with Gasteiger partial charge in [0.15, 0.2) is 5.82 Å². The molecule has 1 fully saturated rings. The van der Waals surface area contributed by atoms with Crippen LogP contribution in [-0.4, -0.2) is 15.8 Å². The molecule has 1 aromatic heterocycles. The van der Waals surface area contributed by atoms with Crippen LogP contribution in [-0.2, 0) is 0 Å². The molecule has 1 aromatic rings. The Hall–Kier alpha value is -1.25. The molecule has 0 aliphatic heterocycles. The van der Waals surface area contributed by atoms with Gasteiger partial charge in [0.1, 0.15) is 0 Å². The Labute approximate surface area is 96.3 Å². The fraction of sp³-hybridized carbons (Fsp3) is 0.615. The third-order valence-electron chi connectivity index (χ3n) is 3.76. The summed E-state index contributed by atoms with van der Waals surface area (Å²) >= 11 is 0. The molecule has 3 atom stereocenters. The van der Waals surface area contributed by atoms with E-state index in [1.54, 1.807) is 18.5 Å². The van der Waals surface area contributed by atoms with Crippen molar-refractivity contribution >= 4 is 5.78 Å². The van der Waals surface area contributed by atoms with Gasteiger partial charge >= 0.3 is 0 Å². The van der Waals surface area contributed by atoms with Crippen LogP contribution >= 0.6 is 0 Å². The average Bonchev–Trinajstić information content (AvgIpc) is 2.33. The standard InChI is InChI=1S/C13H18N2O/c1-9-4-5-11(8-10(9)2)12(16)13-14-6-3-7-15-13/h3,6-7,9-11H,4-5,8H2,1-2H3. The van der Waals surface area contributed by atoms with E-state index >= 15 is 0 Å². The Bertz CT molecular complexity index is 363. The van der Waals surface area contributed by atoms with Gasteiger partial charge in [-0.1, -0.05) is 13.8 Å². The summed E-state index contributed by atoms with van der Waals surface area (Å²) in [5.41, 5.74) is 0. The monoisotopic (exact) mass is 218 g/mol. The van der Waals surface area contributed by atoms with E-state index in [2.05, 4.69) is 23.8 Å². The number of aromatic nitrogens is 2. The van der Waals surface area contributed by atoms with E-state index in [1.807, 2.05) is 0 Å². The van der Waals surface area contributed by atoms with Crippen LogP contribution in [0.15, 0.2) is 18.5 Å². The lowest BCUT2D eigenvalue weighted by Gasteiger charge is -2.30. The average molecular weight is 218 g/mol. The maximum atomic E-state index is 12.1. The first kappa shape index (κ1) is 11.2. The SMILES string of the molecule is CC1CCC(C(=O)c2ncccn2)CC1C. The number of hydrogen-bond acceptors (Lipinski definition) is 3. The minimum absolute atomic E-state index is 0.124. The Balaban J connectivity index is 2.06. The van der Waals surface area contributed by atoms with Crippen molar-refractivity contribution in [2.75, 3.05) is 0 Å². The topological polar surface area (TPSA) is 42.9 Å². The number of carbonyl (C=O) groups excluding carboxylic acids is 1. The smallest absolute Gasteiger partial charge is 0.203 e. The highest BCUT2D eigenvalue weighted by Gasteiger charge is 2.30. The molecule has 0 N–H and O–H groups in total. The van der Waals surface area contributed by atoms with Gasteiger partial charge in [-0.2, -0.15) is 0 Å². The van der Waals surface area contributed by atoms with Crippen LogP contribution in [0.5, 0.6) is 0 Å². The molecule has 3 unspecified atom stereocenters. The van der Waals surface area contributed by atoms with Gasteiger partial charge in [0.25, 0.3) is 0 Å². The van der Waals surface area contributed by atoms with Crippen molar-refractivity contribution in [2.45, 2.75) is 33.1 Å². The molecule has 3 heteroatoms. The summed E-state index contributed by atoms with van der Waals surface area (Å²) in [5.74, 6) is 2.01. The van der Waals surface area contributed by atoms with Gasteiger partial charge in [-0.15, -0.1) is 0 Å². The number of ketones is 1. The fourth-order valence-corrected chi connectivity index (χ4v) is 2.39. The van der Waals surface area contributed by atoms with Crippen molar-refractivity contribution in [1.29, 1.82) is 0 Å². The van der Waals surface area contributed by atoms with Crippen molar-refractivity contribution in [1.82, 2.24) is 9.97 Å². The maximum Gasteiger partial charge on any atom is 0.203 e. The third-order valence-corrected chi connectivity index (χ3v) is 3.76. The van der Waals surface area contributed by atoms with E-state index in [0.717, 1.165) is 25.2 Å². The van der Waals surface area contributed by atoms with Crippen LogP contribution < -0.4 is 0 Å². The van der Waals surface area contributed by atoms with Gasteiger partial charge in [0, 0.05) is 18.3 Å². The first-order chi connectivity index (χ1) is 7.68. The van der Waals surface area contributed by atoms with Crippen LogP contribution in [0.4, 0.5) is 0 Å². The quantitative estimate of drug-likeness (QED) is 0.717. The number of hydrogen-bond donors (Lipinski definition) is 0. The molecule has 16 heavy (non-hydrogen) atoms. The number of nitrogens with zero attached hydrogens (tertiary/aromatic N) is 2. The van der Waals surface area contributed by atoms with Crippen molar-refractivity contribution < 1.29 is 4.79 Å². The lowest BCUT2D eigenvalue weighted by atomic mass is 9.74. The maximum absolute atomic E-state index is 12.1. The zero-order chi connectivity index (χ0) is 11.5. The molecule has 0 amide bonds. The largest absolute Gasteiger partial charge is 0.290 e. The molecule has 0 spiro atoms. The predicted octanol–water partition coefficient (Wildman–Crippen LogP) is 2.73. The second-order valence-corrected chi connectivity index (χ2v) is 4.90. The van der Waals surface area contributed by atoms with Gasteiger partial charge in [-0.25, -0.2) is 9.97 Å². The van der Waals surface area contributed by atoms with E-state index in [0.29, 0.717) is 11.7 Å². The first-order valence-corrected chi connectivity index (χ1v) is 5.99. The van der Waals surface area contributed by atoms with Gasteiger partial charge in [-0.3, -0.25) is 4.79 Å². The molecule has 1 heterocycles. The minimum Gasteiger partial charge on any atom is -0.290 e. The van der Waals surface area contributed by atoms with Crippen molar-refractivity contribution in [3.63, 3.8) is 0 Å². The van der Waals surface area contributed by atoms with E-state index in [9.17, 15) is 4.79 Å². The van der Waals surface area contributed by atoms with E-state index in [1.165, 1.54) is 0 Å². The summed E-state index contributed by atoms with van der Waals surface area (Å²) in [4.78, 5) is 20.2. The second-order valence-electron chi connectivity index (χ2n) is 4.90. The minimum atomic E-state index is 0.124. The summed E-state index contributed by atoms with van der Waals surface area (Å²) in [7, 11) is 0. The van der Waals surface area contributed by atoms with Crippen LogP contribution in [0, 0.1) is 17.8 Å². The molecular weight excluding hydrogens is 200 g/mol. The van der Waals surface area contributed by atoms with Gasteiger partial charge in [0.2, 0.25) is 5.78 Å². The fourth-order valence-electron chi connectivity index (χ4n) is 2.39. The predicted molar refractivity (Wildman–Crippen MR) is 62.0 cm³/mol. The molecule has 86 valence electrons. The lowest BCUT2D eigenvalue weighted by Crippen LogP contribution is -2.27. The summed E-state index contributed by atoms with van der Waals surface area (Å²) in [6.45, 7) is 4.50. The molecule has 0 bridgehead atoms. The molecule has 1 saturated carbocycles. The molecule has 3 nitrogen and oxygen atoms in total. The van der Waals surface area contributed by atoms with Crippen LogP contribution in [0.25, 0.3) is 0 Å². The molecule has 0 aromatic carbocycles. The zero-order valence-corrected chi connectivity index (χ0v) is 9.89. The van der Waals surface area contributed by atoms with Crippen LogP contribution in [0.1, 0.15) is 43.7 Å². The van der Waals surface area contributed by atoms with Crippen LogP contribution in [0.2, 0.25) is 0 Å². The molecule has 1 aliphatic carbocycles. The van der Waals surface area contributed by atoms with Crippen molar-refractivity contribution in [3.8, 4) is 0 Å². The summed E-state index contributed by atoms with van der Waals surface area (Å²) < 4.78 is 0. The summed E-state index contributed by atoms with van der Waals surface area (Å²) in [6, 6.07) is 1.74. The molecule has 1 aliphatic rings. The number of rotatable bonds is 2. The second kappa shape index (κ2) is 4.73. The highest BCUT2D eigenvalue weighted by atomic mass is 16.1. The summed E-state index contributed by atoms with van der Waals surface area (Å²) in [6.07, 6.45) is 6.38. The van der Waals surface area contributed by atoms with Crippen molar-refractivity contribution in [3.05, 3.63) is 24.3 Å². The molecular formula is C13H18N2O. The van der Waals surface area contributed by atoms with Gasteiger partial charge in [0.05, 0.1) is 0 Å². The Morgan fingerprint density at radius 3 is 2.50 bits per heavy atom. The Morgan fingerprint density at radius 1 is 1.19 bits per heavy atom. The van der Waals surface area contributed by atoms with Crippen LogP contribution in [0.3, 0.4) is 0 Å². The highest BCUT2D eigenvalue weighted by molar-refractivity contribution is 5.94. The van der Waals surface area contributed by atoms with E-state index < -0.39 is 0 Å². The van der Waals surface area contributed by atoms with Gasteiger partial charge < -0.3 is 0 Å². The molecule has 0 radical (unpaired) electrons. The highest BCUT2D eigenvalue weighted by Crippen LogP contribution is 2.34. The lowest BCUT2D eigenvalue weighted by molar-refractivity contribution is 0.0826. The number of Topliss-reactive ketones (excluding diaryl/α,β-unsaturated/α-hetero) is 1. The van der Waals surface area contributed by atoms with E-state index in [-0.39, 0.29) is 11.7 Å². The van der Waals surface area contributed by atoms with E-state index in [4.69, 9.17) is 0 Å². The molecule has 2 rings (SSSR count). The number of carbonyl (C=O) groups is 1. The Kier molecular flexibility index (Phi) is 3.32. The molecule has 0 saturated heterocycles. The summed E-state index contributed by atoms with van der Waals surface area (Å²) in [5, 5.41) is 0. The zero-order valence-electron chi connectivity index (χ0n) is 9.89. The third kappa shape index (κ3) is 2.29. The van der Waals surface area contributed by atoms with Crippen molar-refractivity contribution in [2.24, 2.45) is 17.8 Å². The van der Waals surface area contributed by atoms with Gasteiger partial charge in [-0.05, 0) is 37.2 Å². The Morgan fingerprint density at radius 2 is 1.88 bits per heavy atom. The normalized spacial score (nSPS) is 30.0. The first-order valence-electron chi connectivity index (χ1n) is 5.99.